The SMILES string of the molecule is CCC(c1cccc(Br)c1)N1CCN(C2CNC2)CC1. The van der Waals surface area contributed by atoms with Crippen LogP contribution in [-0.4, -0.2) is 55.1 Å². The summed E-state index contributed by atoms with van der Waals surface area (Å²) in [7, 11) is 0. The molecule has 3 nitrogen and oxygen atoms in total. The van der Waals surface area contributed by atoms with Crippen molar-refractivity contribution in [2.45, 2.75) is 25.4 Å². The molecule has 0 spiro atoms. The van der Waals surface area contributed by atoms with Gasteiger partial charge in [0.2, 0.25) is 0 Å². The summed E-state index contributed by atoms with van der Waals surface area (Å²) < 4.78 is 1.19. The molecule has 2 aliphatic rings. The first-order valence-electron chi connectivity index (χ1n) is 7.72. The molecular weight excluding hydrogens is 314 g/mol. The third-order valence-electron chi connectivity index (χ3n) is 4.69. The maximum absolute atomic E-state index is 3.60. The fourth-order valence-electron chi connectivity index (χ4n) is 3.36. The van der Waals surface area contributed by atoms with Crippen LogP contribution in [-0.2, 0) is 0 Å². The van der Waals surface area contributed by atoms with Crippen LogP contribution in [0.1, 0.15) is 24.9 Å². The molecule has 0 bridgehead atoms. The quantitative estimate of drug-likeness (QED) is 0.910. The highest BCUT2D eigenvalue weighted by Gasteiger charge is 2.30. The normalized spacial score (nSPS) is 23.5. The van der Waals surface area contributed by atoms with Crippen molar-refractivity contribution >= 4 is 15.9 Å². The molecule has 4 heteroatoms. The van der Waals surface area contributed by atoms with Crippen molar-refractivity contribution in [3.63, 3.8) is 0 Å². The molecule has 3 rings (SSSR count). The lowest BCUT2D eigenvalue weighted by Crippen LogP contribution is -2.61. The lowest BCUT2D eigenvalue weighted by Gasteiger charge is -2.45. The van der Waals surface area contributed by atoms with Gasteiger partial charge in [0.15, 0.2) is 0 Å². The molecule has 1 aromatic carbocycles. The number of nitrogens with one attached hydrogen (secondary N) is 1. The van der Waals surface area contributed by atoms with Gasteiger partial charge in [-0.3, -0.25) is 9.80 Å². The Hall–Kier alpha value is -0.420. The molecular formula is C16H24BrN3. The molecule has 0 saturated carbocycles. The van der Waals surface area contributed by atoms with Gasteiger partial charge in [0.1, 0.15) is 0 Å². The van der Waals surface area contributed by atoms with E-state index in [1.165, 1.54) is 55.7 Å². The van der Waals surface area contributed by atoms with E-state index in [2.05, 4.69) is 62.2 Å². The molecule has 20 heavy (non-hydrogen) atoms. The molecule has 0 aromatic heterocycles. The van der Waals surface area contributed by atoms with Crippen molar-refractivity contribution in [3.8, 4) is 0 Å². The number of halogens is 1. The Labute approximate surface area is 130 Å². The number of nitrogens with zero attached hydrogens (tertiary/aromatic N) is 2. The minimum absolute atomic E-state index is 0.564. The molecule has 2 fully saturated rings. The highest BCUT2D eigenvalue weighted by molar-refractivity contribution is 9.10. The van der Waals surface area contributed by atoms with Crippen LogP contribution in [0.15, 0.2) is 28.7 Å². The topological polar surface area (TPSA) is 18.5 Å². The van der Waals surface area contributed by atoms with E-state index in [-0.39, 0.29) is 0 Å². The fourth-order valence-corrected chi connectivity index (χ4v) is 3.78. The molecule has 1 atom stereocenters. The Morgan fingerprint density at radius 2 is 2.00 bits per heavy atom. The van der Waals surface area contributed by atoms with Crippen LogP contribution < -0.4 is 5.32 Å². The summed E-state index contributed by atoms with van der Waals surface area (Å²) in [5, 5.41) is 3.38. The predicted molar refractivity (Wildman–Crippen MR) is 87.0 cm³/mol. The van der Waals surface area contributed by atoms with Gasteiger partial charge in [-0.15, -0.1) is 0 Å². The molecule has 1 aromatic rings. The second-order valence-electron chi connectivity index (χ2n) is 5.86. The maximum Gasteiger partial charge on any atom is 0.0346 e. The Morgan fingerprint density at radius 1 is 1.25 bits per heavy atom. The highest BCUT2D eigenvalue weighted by Crippen LogP contribution is 2.27. The zero-order chi connectivity index (χ0) is 13.9. The Bertz CT molecular complexity index is 439. The third kappa shape index (κ3) is 3.08. The van der Waals surface area contributed by atoms with E-state index in [0.717, 1.165) is 6.04 Å². The third-order valence-corrected chi connectivity index (χ3v) is 5.18. The summed E-state index contributed by atoms with van der Waals surface area (Å²) in [6.45, 7) is 9.50. The van der Waals surface area contributed by atoms with Gasteiger partial charge in [-0.25, -0.2) is 0 Å². The Balaban J connectivity index is 1.62. The predicted octanol–water partition coefficient (Wildman–Crippen LogP) is 2.49. The smallest absolute Gasteiger partial charge is 0.0346 e. The lowest BCUT2D eigenvalue weighted by atomic mass is 10.0. The zero-order valence-electron chi connectivity index (χ0n) is 12.2. The summed E-state index contributed by atoms with van der Waals surface area (Å²) in [6, 6.07) is 10.2. The lowest BCUT2D eigenvalue weighted by molar-refractivity contribution is 0.0502. The van der Waals surface area contributed by atoms with Gasteiger partial charge in [-0.05, 0) is 24.1 Å². The molecule has 2 heterocycles. The Kier molecular flexibility index (Phi) is 4.76. The van der Waals surface area contributed by atoms with Gasteiger partial charge in [-0.1, -0.05) is 35.0 Å². The van der Waals surface area contributed by atoms with E-state index < -0.39 is 0 Å². The van der Waals surface area contributed by atoms with E-state index in [4.69, 9.17) is 0 Å². The first-order valence-corrected chi connectivity index (χ1v) is 8.51. The molecule has 110 valence electrons. The average molecular weight is 338 g/mol. The van der Waals surface area contributed by atoms with Crippen LogP contribution >= 0.6 is 15.9 Å². The van der Waals surface area contributed by atoms with Crippen LogP contribution in [0, 0.1) is 0 Å². The highest BCUT2D eigenvalue weighted by atomic mass is 79.9. The number of hydrogen-bond donors (Lipinski definition) is 1. The van der Waals surface area contributed by atoms with Gasteiger partial charge >= 0.3 is 0 Å². The molecule has 0 aliphatic carbocycles. The van der Waals surface area contributed by atoms with Gasteiger partial charge in [-0.2, -0.15) is 0 Å². The van der Waals surface area contributed by atoms with Crippen LogP contribution in [0.5, 0.6) is 0 Å². The molecule has 2 saturated heterocycles. The standard InChI is InChI=1S/C16H24BrN3/c1-2-16(13-4-3-5-14(17)10-13)20-8-6-19(7-9-20)15-11-18-12-15/h3-5,10,15-16,18H,2,6-9,11-12H2,1H3. The van der Waals surface area contributed by atoms with E-state index in [9.17, 15) is 0 Å². The monoisotopic (exact) mass is 337 g/mol. The first-order chi connectivity index (χ1) is 9.78. The molecule has 0 radical (unpaired) electrons. The number of piperazine rings is 1. The molecule has 1 N–H and O–H groups in total. The van der Waals surface area contributed by atoms with Gasteiger partial charge in [0, 0.05) is 55.8 Å². The molecule has 0 amide bonds. The Morgan fingerprint density at radius 3 is 2.55 bits per heavy atom. The summed E-state index contributed by atoms with van der Waals surface area (Å²) >= 11 is 3.60. The second-order valence-corrected chi connectivity index (χ2v) is 6.78. The van der Waals surface area contributed by atoms with Crippen LogP contribution in [0.3, 0.4) is 0 Å². The van der Waals surface area contributed by atoms with Crippen molar-refractivity contribution in [1.82, 2.24) is 15.1 Å². The van der Waals surface area contributed by atoms with Crippen molar-refractivity contribution in [2.24, 2.45) is 0 Å². The fraction of sp³-hybridized carbons (Fsp3) is 0.625. The number of benzene rings is 1. The van der Waals surface area contributed by atoms with Gasteiger partial charge in [0.25, 0.3) is 0 Å². The second kappa shape index (κ2) is 6.56. The van der Waals surface area contributed by atoms with Gasteiger partial charge in [0.05, 0.1) is 0 Å². The van der Waals surface area contributed by atoms with Crippen molar-refractivity contribution in [3.05, 3.63) is 34.3 Å². The van der Waals surface area contributed by atoms with Crippen molar-refractivity contribution < 1.29 is 0 Å². The maximum atomic E-state index is 3.60. The van der Waals surface area contributed by atoms with Crippen LogP contribution in [0.4, 0.5) is 0 Å². The minimum atomic E-state index is 0.564. The van der Waals surface area contributed by atoms with Crippen molar-refractivity contribution in [1.29, 1.82) is 0 Å². The molecule has 1 unspecified atom stereocenters. The zero-order valence-corrected chi connectivity index (χ0v) is 13.8. The van der Waals surface area contributed by atoms with Gasteiger partial charge < -0.3 is 5.32 Å². The van der Waals surface area contributed by atoms with E-state index in [0.29, 0.717) is 6.04 Å². The van der Waals surface area contributed by atoms with E-state index in [1.807, 2.05) is 0 Å². The first kappa shape index (κ1) is 14.5. The average Bonchev–Trinajstić information content (AvgIpc) is 2.40. The van der Waals surface area contributed by atoms with Crippen LogP contribution in [0.2, 0.25) is 0 Å². The van der Waals surface area contributed by atoms with Crippen molar-refractivity contribution in [2.75, 3.05) is 39.3 Å². The summed E-state index contributed by atoms with van der Waals surface area (Å²) in [4.78, 5) is 5.31. The van der Waals surface area contributed by atoms with E-state index >= 15 is 0 Å². The largest absolute Gasteiger partial charge is 0.314 e. The minimum Gasteiger partial charge on any atom is -0.314 e. The van der Waals surface area contributed by atoms with Crippen LogP contribution in [0.25, 0.3) is 0 Å². The summed E-state index contributed by atoms with van der Waals surface area (Å²) in [6.07, 6.45) is 1.18. The van der Waals surface area contributed by atoms with E-state index in [1.54, 1.807) is 0 Å². The summed E-state index contributed by atoms with van der Waals surface area (Å²) in [5.74, 6) is 0. The number of hydrogen-bond acceptors (Lipinski definition) is 3. The summed E-state index contributed by atoms with van der Waals surface area (Å²) in [5.41, 5.74) is 1.45. The molecule has 2 aliphatic heterocycles. The number of rotatable bonds is 4.